The van der Waals surface area contributed by atoms with Crippen LogP contribution < -0.4 is 20.6 Å². The molecule has 2 fully saturated rings. The van der Waals surface area contributed by atoms with E-state index in [0.717, 1.165) is 30.5 Å². The van der Waals surface area contributed by atoms with Gasteiger partial charge >= 0.3 is 23.7 Å². The van der Waals surface area contributed by atoms with E-state index in [-0.39, 0.29) is 34.5 Å². The number of esters is 1. The molecule has 0 amide bonds. The lowest BCUT2D eigenvalue weighted by Crippen LogP contribution is -2.45. The standard InChI is InChI=1S/C34H34Cl2F2N4O7/c35-24-17-39-18-25(36)23(24)16-29(22-7-8-28(49-34(37)38)30(15-22)47-20-21-5-6-21)48-31(43)19-42-27-4-2-1-3-26(27)41(32(44)33(42)45)10-9-40-11-13-46-14-12-40/h1-4,7-8,15,17-18,21,29,34H,5-6,9-14,16,19-20H2/t29-/m0/s1. The molecule has 1 saturated heterocycles. The summed E-state index contributed by atoms with van der Waals surface area (Å²) in [6.07, 6.45) is 3.63. The number of benzene rings is 2. The third kappa shape index (κ3) is 8.58. The summed E-state index contributed by atoms with van der Waals surface area (Å²) in [5.74, 6) is -0.635. The zero-order chi connectivity index (χ0) is 34.5. The second-order valence-electron chi connectivity index (χ2n) is 11.9. The minimum absolute atomic E-state index is 0.0260. The van der Waals surface area contributed by atoms with Gasteiger partial charge in [0.05, 0.1) is 40.9 Å². The van der Waals surface area contributed by atoms with Crippen LogP contribution in [0.4, 0.5) is 8.78 Å². The molecular weight excluding hydrogens is 685 g/mol. The molecule has 15 heteroatoms. The van der Waals surface area contributed by atoms with E-state index in [1.165, 1.54) is 35.2 Å². The number of fused-ring (bicyclic) bond motifs is 1. The lowest BCUT2D eigenvalue weighted by Gasteiger charge is -2.27. The number of halogens is 4. The number of hydrogen-bond donors (Lipinski definition) is 0. The molecular formula is C34H34Cl2F2N4O7. The van der Waals surface area contributed by atoms with Gasteiger partial charge in [-0.05, 0) is 54.2 Å². The molecule has 0 N–H and O–H groups in total. The highest BCUT2D eigenvalue weighted by molar-refractivity contribution is 6.35. The Morgan fingerprint density at radius 3 is 2.29 bits per heavy atom. The first-order valence-electron chi connectivity index (χ1n) is 15.9. The second-order valence-corrected chi connectivity index (χ2v) is 12.7. The first kappa shape index (κ1) is 34.8. The first-order chi connectivity index (χ1) is 23.7. The normalized spacial score (nSPS) is 15.8. The maximum Gasteiger partial charge on any atom is 0.387 e. The van der Waals surface area contributed by atoms with Crippen LogP contribution in [-0.2, 0) is 33.8 Å². The minimum atomic E-state index is -3.08. The summed E-state index contributed by atoms with van der Waals surface area (Å²) in [7, 11) is 0. The van der Waals surface area contributed by atoms with Gasteiger partial charge in [0.15, 0.2) is 11.5 Å². The number of morpholine rings is 1. The molecule has 0 radical (unpaired) electrons. The maximum atomic E-state index is 13.7. The van der Waals surface area contributed by atoms with Crippen molar-refractivity contribution in [3.05, 3.63) is 96.7 Å². The zero-order valence-electron chi connectivity index (χ0n) is 26.4. The number of pyridine rings is 1. The number of carbonyl (C=O) groups excluding carboxylic acids is 1. The molecule has 6 rings (SSSR count). The van der Waals surface area contributed by atoms with Crippen molar-refractivity contribution < 1.29 is 32.5 Å². The van der Waals surface area contributed by atoms with Gasteiger partial charge in [-0.3, -0.25) is 28.8 Å². The van der Waals surface area contributed by atoms with E-state index in [4.69, 9.17) is 37.4 Å². The highest BCUT2D eigenvalue weighted by Crippen LogP contribution is 2.38. The average Bonchev–Trinajstić information content (AvgIpc) is 3.92. The third-order valence-corrected chi connectivity index (χ3v) is 9.16. The summed E-state index contributed by atoms with van der Waals surface area (Å²) in [4.78, 5) is 46.7. The van der Waals surface area contributed by atoms with Gasteiger partial charge in [0.25, 0.3) is 0 Å². The largest absolute Gasteiger partial charge is 0.489 e. The van der Waals surface area contributed by atoms with Gasteiger partial charge in [0.1, 0.15) is 12.6 Å². The molecule has 260 valence electrons. The van der Waals surface area contributed by atoms with E-state index in [2.05, 4.69) is 14.6 Å². The van der Waals surface area contributed by atoms with Gasteiger partial charge < -0.3 is 23.5 Å². The van der Waals surface area contributed by atoms with Crippen LogP contribution in [0.3, 0.4) is 0 Å². The zero-order valence-corrected chi connectivity index (χ0v) is 27.9. The van der Waals surface area contributed by atoms with Gasteiger partial charge in [-0.2, -0.15) is 8.78 Å². The Morgan fingerprint density at radius 2 is 1.61 bits per heavy atom. The third-order valence-electron chi connectivity index (χ3n) is 8.51. The van der Waals surface area contributed by atoms with Crippen molar-refractivity contribution in [1.82, 2.24) is 19.0 Å². The van der Waals surface area contributed by atoms with Gasteiger partial charge in [-0.25, -0.2) is 0 Å². The molecule has 3 heterocycles. The van der Waals surface area contributed by atoms with Crippen LogP contribution in [0.1, 0.15) is 30.1 Å². The monoisotopic (exact) mass is 718 g/mol. The number of alkyl halides is 2. The van der Waals surface area contributed by atoms with E-state index < -0.39 is 36.3 Å². The number of carbonyl (C=O) groups is 1. The summed E-state index contributed by atoms with van der Waals surface area (Å²) >= 11 is 12.8. The number of para-hydroxylation sites is 2. The summed E-state index contributed by atoms with van der Waals surface area (Å²) in [5.41, 5.74) is 0.0343. The molecule has 1 atom stereocenters. The Kier molecular flexibility index (Phi) is 11.1. The molecule has 2 aromatic carbocycles. The van der Waals surface area contributed by atoms with Gasteiger partial charge in [-0.15, -0.1) is 0 Å². The fourth-order valence-corrected chi connectivity index (χ4v) is 6.23. The fourth-order valence-electron chi connectivity index (χ4n) is 5.71. The topological polar surface area (TPSA) is 114 Å². The van der Waals surface area contributed by atoms with Crippen molar-refractivity contribution in [2.24, 2.45) is 5.92 Å². The number of ether oxygens (including phenoxy) is 4. The van der Waals surface area contributed by atoms with Gasteiger partial charge in [0.2, 0.25) is 0 Å². The van der Waals surface area contributed by atoms with Crippen molar-refractivity contribution in [3.63, 3.8) is 0 Å². The van der Waals surface area contributed by atoms with Crippen LogP contribution in [0.2, 0.25) is 10.0 Å². The maximum absolute atomic E-state index is 13.7. The molecule has 2 aromatic heterocycles. The van der Waals surface area contributed by atoms with Crippen molar-refractivity contribution in [1.29, 1.82) is 0 Å². The number of aromatic nitrogens is 3. The Bertz CT molecular complexity index is 1910. The number of rotatable bonds is 14. The number of nitrogens with zero attached hydrogens (tertiary/aromatic N) is 4. The van der Waals surface area contributed by atoms with Crippen LogP contribution >= 0.6 is 23.2 Å². The van der Waals surface area contributed by atoms with Gasteiger partial charge in [-0.1, -0.05) is 41.4 Å². The van der Waals surface area contributed by atoms with E-state index in [0.29, 0.717) is 54.4 Å². The Balaban J connectivity index is 1.30. The quantitative estimate of drug-likeness (QED) is 0.130. The molecule has 4 aromatic rings. The predicted molar refractivity (Wildman–Crippen MR) is 178 cm³/mol. The van der Waals surface area contributed by atoms with Crippen molar-refractivity contribution in [3.8, 4) is 11.5 Å². The van der Waals surface area contributed by atoms with Crippen LogP contribution in [0.5, 0.6) is 11.5 Å². The molecule has 2 aliphatic rings. The molecule has 1 aliphatic heterocycles. The Labute approximate surface area is 289 Å². The van der Waals surface area contributed by atoms with Crippen molar-refractivity contribution in [2.45, 2.75) is 45.1 Å². The predicted octanol–water partition coefficient (Wildman–Crippen LogP) is 5.11. The summed E-state index contributed by atoms with van der Waals surface area (Å²) in [6.45, 7) is 0.130. The van der Waals surface area contributed by atoms with Crippen LogP contribution in [-0.4, -0.2) is 71.1 Å². The SMILES string of the molecule is O=C(Cn1c(=O)c(=O)n(CCN2CCOCC2)c2ccccc21)O[C@@H](Cc1c(Cl)cncc1Cl)c1ccc(OC(F)F)c(OCC2CC2)c1. The summed E-state index contributed by atoms with van der Waals surface area (Å²) in [6, 6.07) is 11.1. The van der Waals surface area contributed by atoms with Crippen molar-refractivity contribution in [2.75, 3.05) is 39.5 Å². The molecule has 0 unspecified atom stereocenters. The Hall–Kier alpha value is -4.04. The van der Waals surface area contributed by atoms with E-state index in [1.807, 2.05) is 0 Å². The average molecular weight is 720 g/mol. The summed E-state index contributed by atoms with van der Waals surface area (Å²) < 4.78 is 50.8. The smallest absolute Gasteiger partial charge is 0.387 e. The summed E-state index contributed by atoms with van der Waals surface area (Å²) in [5, 5.41) is 0.443. The lowest BCUT2D eigenvalue weighted by molar-refractivity contribution is -0.150. The van der Waals surface area contributed by atoms with Crippen molar-refractivity contribution >= 4 is 40.2 Å². The lowest BCUT2D eigenvalue weighted by atomic mass is 10.0. The van der Waals surface area contributed by atoms with E-state index in [9.17, 15) is 23.2 Å². The first-order valence-corrected chi connectivity index (χ1v) is 16.6. The molecule has 1 saturated carbocycles. The van der Waals surface area contributed by atoms with Gasteiger partial charge in [0, 0.05) is 45.0 Å². The van der Waals surface area contributed by atoms with E-state index >= 15 is 0 Å². The highest BCUT2D eigenvalue weighted by atomic mass is 35.5. The van der Waals surface area contributed by atoms with Crippen LogP contribution in [0.25, 0.3) is 11.0 Å². The van der Waals surface area contributed by atoms with Crippen LogP contribution in [0.15, 0.2) is 64.4 Å². The molecule has 11 nitrogen and oxygen atoms in total. The second kappa shape index (κ2) is 15.7. The molecule has 49 heavy (non-hydrogen) atoms. The molecule has 0 bridgehead atoms. The van der Waals surface area contributed by atoms with E-state index in [1.54, 1.807) is 24.3 Å². The number of hydrogen-bond acceptors (Lipinski definition) is 9. The Morgan fingerprint density at radius 1 is 0.939 bits per heavy atom. The minimum Gasteiger partial charge on any atom is -0.489 e. The molecule has 1 aliphatic carbocycles. The molecule has 0 spiro atoms. The fraction of sp³-hybridized carbons (Fsp3) is 0.412. The van der Waals surface area contributed by atoms with Crippen LogP contribution in [0, 0.1) is 5.92 Å². The highest BCUT2D eigenvalue weighted by Gasteiger charge is 2.27.